The quantitative estimate of drug-likeness (QED) is 0.550. The van der Waals surface area contributed by atoms with Crippen molar-refractivity contribution in [1.82, 2.24) is 5.43 Å². The lowest BCUT2D eigenvalue weighted by molar-refractivity contribution is -0.120. The fourth-order valence-electron chi connectivity index (χ4n) is 1.91. The van der Waals surface area contributed by atoms with Crippen molar-refractivity contribution in [3.05, 3.63) is 52.0 Å². The number of aromatic hydroxyl groups is 2. The number of hydrogen-bond acceptors (Lipinski definition) is 5. The van der Waals surface area contributed by atoms with Crippen molar-refractivity contribution in [2.75, 3.05) is 7.11 Å². The average Bonchev–Trinajstić information content (AvgIpc) is 2.50. The molecule has 2 rings (SSSR count). The van der Waals surface area contributed by atoms with Crippen molar-refractivity contribution >= 4 is 28.1 Å². The Balaban J connectivity index is 2.01. The van der Waals surface area contributed by atoms with E-state index in [1.807, 2.05) is 0 Å². The number of benzene rings is 2. The summed E-state index contributed by atoms with van der Waals surface area (Å²) < 4.78 is 5.74. The first-order valence-corrected chi connectivity index (χ1v) is 7.45. The van der Waals surface area contributed by atoms with Gasteiger partial charge in [-0.05, 0) is 29.8 Å². The number of methoxy groups -OCH3 is 1. The molecule has 3 N–H and O–H groups in total. The highest BCUT2D eigenvalue weighted by molar-refractivity contribution is 9.10. The van der Waals surface area contributed by atoms with Crippen LogP contribution in [0.4, 0.5) is 0 Å². The van der Waals surface area contributed by atoms with Crippen LogP contribution in [0, 0.1) is 0 Å². The highest BCUT2D eigenvalue weighted by atomic mass is 79.9. The summed E-state index contributed by atoms with van der Waals surface area (Å²) in [6.45, 7) is 0. The zero-order chi connectivity index (χ0) is 16.8. The maximum Gasteiger partial charge on any atom is 0.244 e. The van der Waals surface area contributed by atoms with Crippen molar-refractivity contribution in [3.63, 3.8) is 0 Å². The van der Waals surface area contributed by atoms with Crippen molar-refractivity contribution in [2.24, 2.45) is 5.10 Å². The largest absolute Gasteiger partial charge is 0.508 e. The van der Waals surface area contributed by atoms with Gasteiger partial charge in [0.15, 0.2) is 11.5 Å². The molecule has 0 atom stereocenters. The number of phenols is 2. The molecular formula is C16H15BrN2O4. The predicted molar refractivity (Wildman–Crippen MR) is 89.9 cm³/mol. The van der Waals surface area contributed by atoms with Gasteiger partial charge in [-0.15, -0.1) is 0 Å². The molecule has 0 saturated carbocycles. The second-order valence-corrected chi connectivity index (χ2v) is 5.60. The number of rotatable bonds is 5. The van der Waals surface area contributed by atoms with E-state index in [2.05, 4.69) is 26.5 Å². The minimum atomic E-state index is -0.340. The molecule has 23 heavy (non-hydrogen) atoms. The molecule has 0 radical (unpaired) electrons. The molecule has 0 fully saturated rings. The first kappa shape index (κ1) is 16.8. The molecule has 7 heteroatoms. The summed E-state index contributed by atoms with van der Waals surface area (Å²) in [5.74, 6) is -0.00755. The summed E-state index contributed by atoms with van der Waals surface area (Å²) in [6, 6.07) is 9.69. The first-order chi connectivity index (χ1) is 11.0. The van der Waals surface area contributed by atoms with Crippen molar-refractivity contribution in [2.45, 2.75) is 6.42 Å². The summed E-state index contributed by atoms with van der Waals surface area (Å²) in [5, 5.41) is 23.1. The van der Waals surface area contributed by atoms with E-state index in [1.165, 1.54) is 25.5 Å². The Hall–Kier alpha value is -2.54. The van der Waals surface area contributed by atoms with Crippen LogP contribution < -0.4 is 10.2 Å². The van der Waals surface area contributed by atoms with Gasteiger partial charge in [0.25, 0.3) is 0 Å². The Morgan fingerprint density at radius 2 is 2.13 bits per heavy atom. The topological polar surface area (TPSA) is 91.2 Å². The molecule has 2 aromatic carbocycles. The van der Waals surface area contributed by atoms with Gasteiger partial charge in [-0.2, -0.15) is 5.10 Å². The Bertz CT molecular complexity index is 747. The van der Waals surface area contributed by atoms with E-state index in [1.54, 1.807) is 24.3 Å². The zero-order valence-electron chi connectivity index (χ0n) is 12.3. The zero-order valence-corrected chi connectivity index (χ0v) is 13.9. The van der Waals surface area contributed by atoms with E-state index >= 15 is 0 Å². The van der Waals surface area contributed by atoms with Gasteiger partial charge in [-0.25, -0.2) is 5.43 Å². The van der Waals surface area contributed by atoms with Crippen LogP contribution >= 0.6 is 15.9 Å². The SMILES string of the molecule is COc1cc(Br)cc(C=NNC(=O)Cc2cccc(O)c2)c1O. The third kappa shape index (κ3) is 4.72. The maximum atomic E-state index is 11.8. The smallest absolute Gasteiger partial charge is 0.244 e. The van der Waals surface area contributed by atoms with Gasteiger partial charge in [0, 0.05) is 10.0 Å². The minimum Gasteiger partial charge on any atom is -0.508 e. The molecule has 0 heterocycles. The molecule has 0 bridgehead atoms. The molecule has 0 unspecified atom stereocenters. The number of halogens is 1. The minimum absolute atomic E-state index is 0.0679. The number of nitrogens with zero attached hydrogens (tertiary/aromatic N) is 1. The van der Waals surface area contributed by atoms with Crippen LogP contribution in [-0.2, 0) is 11.2 Å². The van der Waals surface area contributed by atoms with Gasteiger partial charge in [0.1, 0.15) is 5.75 Å². The fourth-order valence-corrected chi connectivity index (χ4v) is 2.37. The van der Waals surface area contributed by atoms with E-state index in [0.717, 1.165) is 0 Å². The molecule has 120 valence electrons. The molecule has 0 spiro atoms. The highest BCUT2D eigenvalue weighted by Crippen LogP contribution is 2.32. The molecule has 0 saturated heterocycles. The van der Waals surface area contributed by atoms with Crippen LogP contribution in [0.25, 0.3) is 0 Å². The molecule has 0 aromatic heterocycles. The summed E-state index contributed by atoms with van der Waals surface area (Å²) in [4.78, 5) is 11.8. The Kier molecular flexibility index (Phi) is 5.59. The second-order valence-electron chi connectivity index (χ2n) is 4.69. The lowest BCUT2D eigenvalue weighted by Crippen LogP contribution is -2.19. The van der Waals surface area contributed by atoms with Gasteiger partial charge < -0.3 is 14.9 Å². The highest BCUT2D eigenvalue weighted by Gasteiger charge is 2.08. The van der Waals surface area contributed by atoms with E-state index in [4.69, 9.17) is 4.74 Å². The number of amides is 1. The number of phenolic OH excluding ortho intramolecular Hbond substituents is 2. The van der Waals surface area contributed by atoms with E-state index in [9.17, 15) is 15.0 Å². The summed E-state index contributed by atoms with van der Waals surface area (Å²) in [7, 11) is 1.44. The van der Waals surface area contributed by atoms with E-state index in [-0.39, 0.29) is 23.8 Å². The van der Waals surface area contributed by atoms with Crippen molar-refractivity contribution < 1.29 is 19.7 Å². The molecule has 0 aliphatic rings. The monoisotopic (exact) mass is 378 g/mol. The van der Waals surface area contributed by atoms with E-state index in [0.29, 0.717) is 21.3 Å². The van der Waals surface area contributed by atoms with Gasteiger partial charge in [-0.1, -0.05) is 28.1 Å². The van der Waals surface area contributed by atoms with Gasteiger partial charge in [0.2, 0.25) is 5.91 Å². The third-order valence-electron chi connectivity index (χ3n) is 2.96. The van der Waals surface area contributed by atoms with E-state index < -0.39 is 0 Å². The molecule has 0 aliphatic carbocycles. The maximum absolute atomic E-state index is 11.8. The van der Waals surface area contributed by atoms with Crippen molar-refractivity contribution in [3.8, 4) is 17.2 Å². The molecule has 1 amide bonds. The number of carbonyl (C=O) groups excluding carboxylic acids is 1. The normalized spacial score (nSPS) is 10.7. The predicted octanol–water partition coefficient (Wildman–Crippen LogP) is 2.56. The summed E-state index contributed by atoms with van der Waals surface area (Å²) in [6.07, 6.45) is 1.41. The third-order valence-corrected chi connectivity index (χ3v) is 3.42. The second kappa shape index (κ2) is 7.64. The Morgan fingerprint density at radius 1 is 1.35 bits per heavy atom. The lowest BCUT2D eigenvalue weighted by atomic mass is 10.1. The van der Waals surface area contributed by atoms with Crippen molar-refractivity contribution in [1.29, 1.82) is 0 Å². The molecule has 0 aliphatic heterocycles. The Labute approximate surface area is 141 Å². The van der Waals surface area contributed by atoms with Crippen LogP contribution in [0.2, 0.25) is 0 Å². The number of hydrogen-bond donors (Lipinski definition) is 3. The molecule has 6 nitrogen and oxygen atoms in total. The number of nitrogens with one attached hydrogen (secondary N) is 1. The lowest BCUT2D eigenvalue weighted by Gasteiger charge is -2.06. The fraction of sp³-hybridized carbons (Fsp3) is 0.125. The van der Waals surface area contributed by atoms with Gasteiger partial charge >= 0.3 is 0 Å². The van der Waals surface area contributed by atoms with Crippen LogP contribution in [-0.4, -0.2) is 29.4 Å². The van der Waals surface area contributed by atoms with Crippen LogP contribution in [0.3, 0.4) is 0 Å². The molecule has 2 aromatic rings. The first-order valence-electron chi connectivity index (χ1n) is 6.66. The van der Waals surface area contributed by atoms with Crippen LogP contribution in [0.15, 0.2) is 46.0 Å². The van der Waals surface area contributed by atoms with Gasteiger partial charge in [-0.3, -0.25) is 4.79 Å². The number of ether oxygens (including phenoxy) is 1. The van der Waals surface area contributed by atoms with Crippen LogP contribution in [0.1, 0.15) is 11.1 Å². The van der Waals surface area contributed by atoms with Gasteiger partial charge in [0.05, 0.1) is 19.7 Å². The number of hydrazone groups is 1. The van der Waals surface area contributed by atoms with Crippen LogP contribution in [0.5, 0.6) is 17.2 Å². The molecular weight excluding hydrogens is 364 g/mol. The average molecular weight is 379 g/mol. The summed E-state index contributed by atoms with van der Waals surface area (Å²) >= 11 is 3.30. The Morgan fingerprint density at radius 3 is 2.83 bits per heavy atom. The standard InChI is InChI=1S/C16H15BrN2O4/c1-23-14-8-12(17)7-11(16(14)22)9-18-19-15(21)6-10-3-2-4-13(20)5-10/h2-5,7-9,20,22H,6H2,1H3,(H,19,21). The number of carbonyl (C=O) groups is 1. The summed E-state index contributed by atoms with van der Waals surface area (Å²) in [5.41, 5.74) is 3.43.